The number of rotatable bonds is 34. The van der Waals surface area contributed by atoms with Crippen LogP contribution in [0.15, 0.2) is 261 Å². The van der Waals surface area contributed by atoms with Gasteiger partial charge in [0.15, 0.2) is 0 Å². The number of allylic oxidation sites excluding steroid dienone is 1. The molecule has 0 aromatic heterocycles. The molecule has 20 heteroatoms. The van der Waals surface area contributed by atoms with Crippen LogP contribution in [0.2, 0.25) is 0 Å². The van der Waals surface area contributed by atoms with E-state index >= 15 is 0 Å². The summed E-state index contributed by atoms with van der Waals surface area (Å²) in [6, 6.07) is 44.8. The molecule has 0 N–H and O–H groups in total. The molecule has 0 radical (unpaired) electrons. The lowest BCUT2D eigenvalue weighted by Gasteiger charge is -2.17. The molecular formula is C89H100O20. The summed E-state index contributed by atoms with van der Waals surface area (Å²) in [5.74, 6) is -0.482. The average Bonchev–Trinajstić information content (AvgIpc) is 0.859. The highest BCUT2D eigenvalue weighted by molar-refractivity contribution is 5.93. The quantitative estimate of drug-likeness (QED) is 0.00691. The number of carbonyl (C=O) groups excluding carboxylic acids is 8. The molecule has 0 spiro atoms. The van der Waals surface area contributed by atoms with Crippen molar-refractivity contribution in [2.24, 2.45) is 0 Å². The predicted octanol–water partition coefficient (Wildman–Crippen LogP) is 18.9. The SMILES string of the molecule is C.C.C.C=C(C)C(=C)OCCOc1cc(C(=O)OCCOC(=O)C(=C)C)ccc1-c1ccc(-c2ccc(OC(=O)C(=C)C)cc2)cc1CC.C=C(C)C(=O)OCCOc1ccc(-c2ccc(OC(=O)C(=C)C)cc2)c(OCCOC(=O)C(=C)C)c1.C=C(C)C(=O)Oc1cccc(-c2cccc(OC(=O)C(=C)C)c2)c1. The van der Waals surface area contributed by atoms with Crippen LogP contribution >= 0.6 is 0 Å². The van der Waals surface area contributed by atoms with Crippen molar-refractivity contribution in [2.45, 2.75) is 91.0 Å². The fraction of sp³-hybridized carbons (Fsp3) is 0.236. The van der Waals surface area contributed by atoms with Gasteiger partial charge in [0.1, 0.15) is 98.9 Å². The lowest BCUT2D eigenvalue weighted by atomic mass is 9.92. The molecule has 0 aliphatic carbocycles. The van der Waals surface area contributed by atoms with Gasteiger partial charge in [-0.2, -0.15) is 0 Å². The minimum absolute atomic E-state index is 0. The Kier molecular flexibility index (Phi) is 39.1. The summed E-state index contributed by atoms with van der Waals surface area (Å²) in [5, 5.41) is 0. The third-order valence-electron chi connectivity index (χ3n) is 14.4. The number of benzene rings is 7. The van der Waals surface area contributed by atoms with E-state index in [0.717, 1.165) is 62.1 Å². The van der Waals surface area contributed by atoms with Gasteiger partial charge in [-0.05, 0) is 185 Å². The smallest absolute Gasteiger partial charge is 0.338 e. The maximum atomic E-state index is 12.8. The van der Waals surface area contributed by atoms with Gasteiger partial charge < -0.3 is 56.8 Å². The molecule has 0 fully saturated rings. The normalized spacial score (nSPS) is 9.88. The molecular weight excluding hydrogens is 1390 g/mol. The molecule has 0 heterocycles. The molecule has 20 nitrogen and oxygen atoms in total. The minimum Gasteiger partial charge on any atom is -0.490 e. The first-order valence-corrected chi connectivity index (χ1v) is 33.2. The van der Waals surface area contributed by atoms with Crippen molar-refractivity contribution in [3.63, 3.8) is 0 Å². The Hall–Kier alpha value is -12.8. The second kappa shape index (κ2) is 46.2. The lowest BCUT2D eigenvalue weighted by Crippen LogP contribution is -2.14. The van der Waals surface area contributed by atoms with Crippen molar-refractivity contribution < 1.29 is 95.2 Å². The van der Waals surface area contributed by atoms with Gasteiger partial charge in [-0.15, -0.1) is 0 Å². The molecule has 0 aliphatic rings. The largest absolute Gasteiger partial charge is 0.490 e. The molecule has 0 bridgehead atoms. The Morgan fingerprint density at radius 2 is 0.633 bits per heavy atom. The first kappa shape index (κ1) is 92.2. The third kappa shape index (κ3) is 30.6. The molecule has 0 saturated heterocycles. The van der Waals surface area contributed by atoms with Crippen LogP contribution in [-0.2, 0) is 63.7 Å². The molecule has 0 atom stereocenters. The van der Waals surface area contributed by atoms with Gasteiger partial charge in [-0.3, -0.25) is 0 Å². The molecule has 7 aromatic rings. The van der Waals surface area contributed by atoms with Crippen molar-refractivity contribution in [1.82, 2.24) is 0 Å². The van der Waals surface area contributed by atoms with Crippen molar-refractivity contribution in [3.05, 3.63) is 272 Å². The van der Waals surface area contributed by atoms with Gasteiger partial charge in [0.2, 0.25) is 0 Å². The first-order chi connectivity index (χ1) is 50.3. The minimum atomic E-state index is -0.585. The molecule has 7 aromatic carbocycles. The van der Waals surface area contributed by atoms with Gasteiger partial charge in [-0.25, -0.2) is 38.4 Å². The second-order valence-corrected chi connectivity index (χ2v) is 23.9. The summed E-state index contributed by atoms with van der Waals surface area (Å²) in [4.78, 5) is 94.4. The second-order valence-electron chi connectivity index (χ2n) is 23.9. The molecule has 109 heavy (non-hydrogen) atoms. The van der Waals surface area contributed by atoms with Gasteiger partial charge in [0.25, 0.3) is 0 Å². The maximum absolute atomic E-state index is 12.8. The van der Waals surface area contributed by atoms with Crippen LogP contribution in [0.25, 0.3) is 44.5 Å². The monoisotopic (exact) mass is 1490 g/mol. The van der Waals surface area contributed by atoms with Crippen molar-refractivity contribution in [2.75, 3.05) is 52.9 Å². The Morgan fingerprint density at radius 1 is 0.284 bits per heavy atom. The van der Waals surface area contributed by atoms with Crippen molar-refractivity contribution >= 4 is 47.8 Å². The van der Waals surface area contributed by atoms with Crippen molar-refractivity contribution in [1.29, 1.82) is 0 Å². The average molecular weight is 1490 g/mol. The number of aryl methyl sites for hydroxylation is 1. The van der Waals surface area contributed by atoms with E-state index in [9.17, 15) is 38.4 Å². The Balaban J connectivity index is 0.000000573. The van der Waals surface area contributed by atoms with Gasteiger partial charge in [-0.1, -0.05) is 155 Å². The lowest BCUT2D eigenvalue weighted by molar-refractivity contribution is -0.140. The number of hydrogen-bond acceptors (Lipinski definition) is 20. The summed E-state index contributed by atoms with van der Waals surface area (Å²) < 4.78 is 64.8. The zero-order valence-electron chi connectivity index (χ0n) is 61.3. The van der Waals surface area contributed by atoms with Crippen LogP contribution in [-0.4, -0.2) is 101 Å². The summed E-state index contributed by atoms with van der Waals surface area (Å²) in [6.45, 7) is 48.0. The van der Waals surface area contributed by atoms with E-state index in [1.807, 2.05) is 42.5 Å². The molecule has 0 unspecified atom stereocenters. The van der Waals surface area contributed by atoms with Crippen LogP contribution in [0, 0.1) is 0 Å². The number of carbonyl (C=O) groups is 8. The summed E-state index contributed by atoms with van der Waals surface area (Å²) in [6.07, 6.45) is 0.727. The highest BCUT2D eigenvalue weighted by Gasteiger charge is 2.19. The van der Waals surface area contributed by atoms with E-state index in [1.54, 1.807) is 152 Å². The fourth-order valence-corrected chi connectivity index (χ4v) is 8.68. The topological polar surface area (TPSA) is 247 Å². The number of ether oxygens (including phenoxy) is 12. The van der Waals surface area contributed by atoms with Crippen molar-refractivity contribution in [3.8, 4) is 84.8 Å². The Bertz CT molecular complexity index is 4420. The number of hydrogen-bond donors (Lipinski definition) is 0. The van der Waals surface area contributed by atoms with Crippen LogP contribution < -0.4 is 33.2 Å². The number of esters is 8. The Morgan fingerprint density at radius 3 is 1.06 bits per heavy atom. The summed E-state index contributed by atoms with van der Waals surface area (Å²) in [5.41, 5.74) is 11.1. The van der Waals surface area contributed by atoms with E-state index in [2.05, 4.69) is 72.2 Å². The molecule has 0 amide bonds. The predicted molar refractivity (Wildman–Crippen MR) is 426 cm³/mol. The van der Waals surface area contributed by atoms with Gasteiger partial charge in [0.05, 0.1) is 5.56 Å². The van der Waals surface area contributed by atoms with Crippen LogP contribution in [0.5, 0.6) is 40.2 Å². The zero-order chi connectivity index (χ0) is 78.2. The van der Waals surface area contributed by atoms with Crippen LogP contribution in [0.1, 0.15) is 101 Å². The molecule has 0 aliphatic heterocycles. The van der Waals surface area contributed by atoms with Crippen LogP contribution in [0.3, 0.4) is 0 Å². The van der Waals surface area contributed by atoms with E-state index < -0.39 is 47.8 Å². The van der Waals surface area contributed by atoms with E-state index in [0.29, 0.717) is 79.4 Å². The summed E-state index contributed by atoms with van der Waals surface area (Å²) >= 11 is 0. The van der Waals surface area contributed by atoms with E-state index in [-0.39, 0.29) is 86.3 Å². The third-order valence-corrected chi connectivity index (χ3v) is 14.4. The first-order valence-electron chi connectivity index (χ1n) is 33.2. The standard InChI is InChI=1S/C38H40O8.C28H30O8.C20H18O4.3CH4/c1-9-28-22-30(29-10-14-32(15-11-29)46-37(40)26(6)7)12-16-33(28)34-17-13-31(38(41)45-21-20-44-36(39)25(4)5)23-35(34)43-19-18-42-27(8)24(2)3;1-18(2)26(29)34-15-13-32-23-11-12-24(25(17-23)33-14-16-35-27(30)19(3)4)21-7-9-22(10-8-21)36-28(31)20(5)6;1-13(2)19(21)23-17-9-5-7-15(11-17)16-8-6-10-18(12-16)24-20(22)14(3)4;;;/h10-17,22-23H,2,4,6,8-9,18-21H2,1,3,5,7H3;7-12,17H,1,3,5,13-16H2,2,4,6H3;5-12H,1,3H2,2,4H3;3*1H4. The fourth-order valence-electron chi connectivity index (χ4n) is 8.68. The molecule has 7 rings (SSSR count). The summed E-state index contributed by atoms with van der Waals surface area (Å²) in [7, 11) is 0. The van der Waals surface area contributed by atoms with Gasteiger partial charge >= 0.3 is 47.8 Å². The highest BCUT2D eigenvalue weighted by atomic mass is 16.6. The Labute approximate surface area is 640 Å². The van der Waals surface area contributed by atoms with E-state index in [1.165, 1.54) is 6.92 Å². The maximum Gasteiger partial charge on any atom is 0.338 e. The van der Waals surface area contributed by atoms with Gasteiger partial charge in [0, 0.05) is 56.2 Å². The molecule has 0 saturated carbocycles. The zero-order valence-corrected chi connectivity index (χ0v) is 61.3. The molecule has 576 valence electrons. The van der Waals surface area contributed by atoms with E-state index in [4.69, 9.17) is 56.8 Å². The van der Waals surface area contributed by atoms with Crippen LogP contribution in [0.4, 0.5) is 0 Å². The highest BCUT2D eigenvalue weighted by Crippen LogP contribution is 2.38.